The standard InChI is InChI=1S/C11H14FN3O2S/c1-11(2,3)15-18(16,17)14-9-4-5-10(12)8(6-9)7-13/h4-6,14-15H,1-3H3. The van der Waals surface area contributed by atoms with Gasteiger partial charge in [-0.15, -0.1) is 0 Å². The highest BCUT2D eigenvalue weighted by Crippen LogP contribution is 2.15. The second-order valence-electron chi connectivity index (χ2n) is 4.76. The van der Waals surface area contributed by atoms with Crippen molar-refractivity contribution in [2.75, 3.05) is 4.72 Å². The van der Waals surface area contributed by atoms with Gasteiger partial charge in [-0.25, -0.2) is 4.39 Å². The van der Waals surface area contributed by atoms with Crippen molar-refractivity contribution in [1.82, 2.24) is 4.72 Å². The van der Waals surface area contributed by atoms with Gasteiger partial charge in [0.1, 0.15) is 11.9 Å². The third-order valence-electron chi connectivity index (χ3n) is 1.78. The van der Waals surface area contributed by atoms with Gasteiger partial charge in [-0.2, -0.15) is 18.4 Å². The first-order valence-electron chi connectivity index (χ1n) is 5.14. The molecule has 7 heteroatoms. The Morgan fingerprint density at radius 2 is 1.94 bits per heavy atom. The first-order chi connectivity index (χ1) is 8.13. The fraction of sp³-hybridized carbons (Fsp3) is 0.364. The molecule has 18 heavy (non-hydrogen) atoms. The van der Waals surface area contributed by atoms with E-state index in [9.17, 15) is 12.8 Å². The molecule has 0 amide bonds. The van der Waals surface area contributed by atoms with Crippen molar-refractivity contribution in [1.29, 1.82) is 5.26 Å². The molecule has 5 nitrogen and oxygen atoms in total. The molecule has 98 valence electrons. The number of benzene rings is 1. The minimum absolute atomic E-state index is 0.129. The zero-order valence-corrected chi connectivity index (χ0v) is 11.1. The summed E-state index contributed by atoms with van der Waals surface area (Å²) in [4.78, 5) is 0. The number of anilines is 1. The molecule has 0 fully saturated rings. The average molecular weight is 271 g/mol. The van der Waals surface area contributed by atoms with Crippen molar-refractivity contribution in [2.24, 2.45) is 0 Å². The number of hydrogen-bond acceptors (Lipinski definition) is 3. The Labute approximate surface area is 106 Å². The SMILES string of the molecule is CC(C)(C)NS(=O)(=O)Nc1ccc(F)c(C#N)c1. The lowest BCUT2D eigenvalue weighted by Gasteiger charge is -2.20. The topological polar surface area (TPSA) is 82.0 Å². The number of rotatable bonds is 3. The van der Waals surface area contributed by atoms with Crippen molar-refractivity contribution in [3.8, 4) is 6.07 Å². The van der Waals surface area contributed by atoms with Crippen LogP contribution in [0.4, 0.5) is 10.1 Å². The molecule has 0 aliphatic carbocycles. The number of halogens is 1. The maximum absolute atomic E-state index is 13.1. The van der Waals surface area contributed by atoms with Crippen LogP contribution in [-0.2, 0) is 10.2 Å². The Kier molecular flexibility index (Phi) is 3.94. The Bertz CT molecular complexity index is 585. The van der Waals surface area contributed by atoms with Crippen LogP contribution < -0.4 is 9.44 Å². The molecule has 0 unspecified atom stereocenters. The quantitative estimate of drug-likeness (QED) is 0.878. The summed E-state index contributed by atoms with van der Waals surface area (Å²) in [7, 11) is -3.76. The van der Waals surface area contributed by atoms with Crippen LogP contribution in [0.2, 0.25) is 0 Å². The fourth-order valence-electron chi connectivity index (χ4n) is 1.26. The molecule has 0 radical (unpaired) electrons. The Morgan fingerprint density at radius 1 is 1.33 bits per heavy atom. The van der Waals surface area contributed by atoms with E-state index in [-0.39, 0.29) is 11.3 Å². The van der Waals surface area contributed by atoms with Gasteiger partial charge in [-0.05, 0) is 39.0 Å². The molecule has 1 aromatic carbocycles. The Hall–Kier alpha value is -1.65. The summed E-state index contributed by atoms with van der Waals surface area (Å²) in [6.45, 7) is 5.08. The summed E-state index contributed by atoms with van der Waals surface area (Å²) in [5.41, 5.74) is -0.722. The van der Waals surface area contributed by atoms with E-state index in [0.29, 0.717) is 0 Å². The lowest BCUT2D eigenvalue weighted by Crippen LogP contribution is -2.43. The number of hydrogen-bond donors (Lipinski definition) is 2. The van der Waals surface area contributed by atoms with Gasteiger partial charge in [-0.3, -0.25) is 4.72 Å². The van der Waals surface area contributed by atoms with Gasteiger partial charge in [0.2, 0.25) is 0 Å². The molecular weight excluding hydrogens is 257 g/mol. The molecule has 1 aromatic rings. The van der Waals surface area contributed by atoms with Crippen molar-refractivity contribution in [3.05, 3.63) is 29.6 Å². The molecule has 0 bridgehead atoms. The maximum Gasteiger partial charge on any atom is 0.299 e. The van der Waals surface area contributed by atoms with Gasteiger partial charge >= 0.3 is 0 Å². The largest absolute Gasteiger partial charge is 0.299 e. The van der Waals surface area contributed by atoms with Crippen LogP contribution in [0.3, 0.4) is 0 Å². The zero-order valence-electron chi connectivity index (χ0n) is 10.3. The zero-order chi connectivity index (χ0) is 14.0. The summed E-state index contributed by atoms with van der Waals surface area (Å²) in [6.07, 6.45) is 0. The lowest BCUT2D eigenvalue weighted by molar-refractivity contribution is 0.494. The van der Waals surface area contributed by atoms with Crippen molar-refractivity contribution in [3.63, 3.8) is 0 Å². The second-order valence-corrected chi connectivity index (χ2v) is 6.18. The molecule has 2 N–H and O–H groups in total. The smallest absolute Gasteiger partial charge is 0.271 e. The van der Waals surface area contributed by atoms with Crippen molar-refractivity contribution in [2.45, 2.75) is 26.3 Å². The van der Waals surface area contributed by atoms with Crippen LogP contribution in [0.5, 0.6) is 0 Å². The minimum atomic E-state index is -3.76. The number of nitrogens with zero attached hydrogens (tertiary/aromatic N) is 1. The van der Waals surface area contributed by atoms with E-state index in [1.807, 2.05) is 0 Å². The highest BCUT2D eigenvalue weighted by atomic mass is 32.2. The van der Waals surface area contributed by atoms with E-state index in [0.717, 1.165) is 12.1 Å². The monoisotopic (exact) mass is 271 g/mol. The second kappa shape index (κ2) is 4.92. The van der Waals surface area contributed by atoms with Crippen LogP contribution >= 0.6 is 0 Å². The molecule has 0 spiro atoms. The molecular formula is C11H14FN3O2S. The lowest BCUT2D eigenvalue weighted by atomic mass is 10.1. The summed E-state index contributed by atoms with van der Waals surface area (Å²) in [5.74, 6) is -0.691. The number of nitrogens with one attached hydrogen (secondary N) is 2. The first-order valence-corrected chi connectivity index (χ1v) is 6.63. The predicted octanol–water partition coefficient (Wildman–Crippen LogP) is 1.74. The molecule has 0 aliphatic rings. The van der Waals surface area contributed by atoms with Gasteiger partial charge in [0.15, 0.2) is 0 Å². The van der Waals surface area contributed by atoms with Gasteiger partial charge in [0.25, 0.3) is 10.2 Å². The van der Waals surface area contributed by atoms with E-state index in [2.05, 4.69) is 9.44 Å². The van der Waals surface area contributed by atoms with E-state index in [1.54, 1.807) is 26.8 Å². The highest BCUT2D eigenvalue weighted by molar-refractivity contribution is 7.90. The van der Waals surface area contributed by atoms with Crippen molar-refractivity contribution < 1.29 is 12.8 Å². The van der Waals surface area contributed by atoms with Gasteiger partial charge < -0.3 is 0 Å². The maximum atomic E-state index is 13.1. The summed E-state index contributed by atoms with van der Waals surface area (Å²) in [5, 5.41) is 8.64. The minimum Gasteiger partial charge on any atom is -0.271 e. The highest BCUT2D eigenvalue weighted by Gasteiger charge is 2.19. The van der Waals surface area contributed by atoms with Crippen LogP contribution in [0.15, 0.2) is 18.2 Å². The molecule has 0 saturated heterocycles. The molecule has 1 rings (SSSR count). The van der Waals surface area contributed by atoms with E-state index < -0.39 is 21.6 Å². The molecule has 0 aromatic heterocycles. The van der Waals surface area contributed by atoms with E-state index in [1.165, 1.54) is 6.07 Å². The van der Waals surface area contributed by atoms with Crippen molar-refractivity contribution >= 4 is 15.9 Å². The predicted molar refractivity (Wildman–Crippen MR) is 66.5 cm³/mol. The Morgan fingerprint density at radius 3 is 2.44 bits per heavy atom. The summed E-state index contributed by atoms with van der Waals surface area (Å²) >= 11 is 0. The molecule has 0 atom stereocenters. The molecule has 0 heterocycles. The normalized spacial score (nSPS) is 11.9. The summed E-state index contributed by atoms with van der Waals surface area (Å²) in [6, 6.07) is 5.06. The Balaban J connectivity index is 2.96. The molecule has 0 saturated carbocycles. The first kappa shape index (κ1) is 14.4. The van der Waals surface area contributed by atoms with Gasteiger partial charge in [-0.1, -0.05) is 0 Å². The van der Waals surface area contributed by atoms with Crippen LogP contribution in [0.1, 0.15) is 26.3 Å². The van der Waals surface area contributed by atoms with E-state index in [4.69, 9.17) is 5.26 Å². The van der Waals surface area contributed by atoms with Gasteiger partial charge in [0, 0.05) is 5.54 Å². The van der Waals surface area contributed by atoms with Crippen LogP contribution in [0, 0.1) is 17.1 Å². The van der Waals surface area contributed by atoms with Crippen LogP contribution in [-0.4, -0.2) is 14.0 Å². The fourth-order valence-corrected chi connectivity index (χ4v) is 2.55. The average Bonchev–Trinajstić information content (AvgIpc) is 2.16. The third-order valence-corrected chi connectivity index (χ3v) is 3.17. The van der Waals surface area contributed by atoms with Crippen LogP contribution in [0.25, 0.3) is 0 Å². The van der Waals surface area contributed by atoms with E-state index >= 15 is 0 Å². The number of nitriles is 1. The van der Waals surface area contributed by atoms with Gasteiger partial charge in [0.05, 0.1) is 11.3 Å². The summed E-state index contributed by atoms with van der Waals surface area (Å²) < 4.78 is 41.1. The third kappa shape index (κ3) is 4.31. The molecule has 0 aliphatic heterocycles.